The first-order valence-electron chi connectivity index (χ1n) is 27.7. The van der Waals surface area contributed by atoms with E-state index in [1.807, 2.05) is 24.3 Å². The van der Waals surface area contributed by atoms with Gasteiger partial charge in [-0.1, -0.05) is 249 Å². The summed E-state index contributed by atoms with van der Waals surface area (Å²) in [6.45, 7) is 0. The summed E-state index contributed by atoms with van der Waals surface area (Å²) in [5, 5.41) is 10.3. The molecule has 16 aromatic rings. The van der Waals surface area contributed by atoms with Gasteiger partial charge in [0.2, 0.25) is 23.5 Å². The highest BCUT2D eigenvalue weighted by Gasteiger charge is 2.43. The molecular weight excluding hydrogens is 1040 g/mol. The van der Waals surface area contributed by atoms with E-state index in [0.717, 1.165) is 49.7 Å². The first-order valence-corrected chi connectivity index (χ1v) is 31.7. The Morgan fingerprint density at radius 1 is 0.232 bits per heavy atom. The van der Waals surface area contributed by atoms with Crippen molar-refractivity contribution in [2.24, 2.45) is 0 Å². The summed E-state index contributed by atoms with van der Waals surface area (Å²) in [7, 11) is -5.85. The summed E-state index contributed by atoms with van der Waals surface area (Å²) >= 11 is 0. The minimum Gasteiger partial charge on any atom is -0.276 e. The summed E-state index contributed by atoms with van der Waals surface area (Å²) in [5.41, 5.74) is 8.38. The predicted molar refractivity (Wildman–Crippen MR) is 339 cm³/mol. The number of benzene rings is 11. The maximum atomic E-state index is 5.59. The standard InChI is InChI=1S/C71H49N9Si2/c1-8-26-50(27-9-1)67-74-68(79-63-43-25-24-42-62(63)78-65-48-57(44-46-60(65)73-71(78)79)81(51-28-10-2-11-29-51,52-30-12-3-13-31-52)53-32-14-4-15-33-53)76-69(75-67)80-64-47-45-58(49-66(64)77-61-41-23-22-40-59(61)72-70(77)80)82(54-34-16-5-17-35-54,55-36-18-6-19-37-55)56-38-20-7-21-39-56/h1-49H. The zero-order valence-corrected chi connectivity index (χ0v) is 46.3. The summed E-state index contributed by atoms with van der Waals surface area (Å²) in [4.78, 5) is 27.4. The topological polar surface area (TPSA) is 83.1 Å². The lowest BCUT2D eigenvalue weighted by Gasteiger charge is -2.34. The first kappa shape index (κ1) is 47.4. The molecular formula is C71H49N9Si2. The van der Waals surface area contributed by atoms with E-state index in [1.165, 1.54) is 41.5 Å². The van der Waals surface area contributed by atoms with Crippen LogP contribution in [0.4, 0.5) is 0 Å². The molecule has 0 aliphatic heterocycles. The van der Waals surface area contributed by atoms with Crippen LogP contribution in [-0.2, 0) is 0 Å². The van der Waals surface area contributed by atoms with E-state index in [4.69, 9.17) is 24.9 Å². The fraction of sp³-hybridized carbons (Fsp3) is 0. The molecule has 82 heavy (non-hydrogen) atoms. The van der Waals surface area contributed by atoms with Gasteiger partial charge >= 0.3 is 0 Å². The number of imidazole rings is 4. The van der Waals surface area contributed by atoms with Crippen LogP contribution >= 0.6 is 0 Å². The molecule has 386 valence electrons. The third-order valence-corrected chi connectivity index (χ3v) is 26.1. The Hall–Kier alpha value is -10.6. The van der Waals surface area contributed by atoms with Gasteiger partial charge in [0.1, 0.15) is 0 Å². The van der Waals surface area contributed by atoms with Crippen molar-refractivity contribution in [3.63, 3.8) is 0 Å². The Labute approximate surface area is 474 Å². The van der Waals surface area contributed by atoms with Gasteiger partial charge in [0.15, 0.2) is 22.0 Å². The van der Waals surface area contributed by atoms with E-state index in [-0.39, 0.29) is 0 Å². The molecule has 0 saturated heterocycles. The van der Waals surface area contributed by atoms with Crippen molar-refractivity contribution >= 4 is 113 Å². The van der Waals surface area contributed by atoms with Crippen molar-refractivity contribution in [2.45, 2.75) is 0 Å². The van der Waals surface area contributed by atoms with Gasteiger partial charge in [0, 0.05) is 5.56 Å². The van der Waals surface area contributed by atoms with Crippen molar-refractivity contribution in [3.05, 3.63) is 297 Å². The third-order valence-electron chi connectivity index (χ3n) is 16.6. The molecule has 0 spiro atoms. The van der Waals surface area contributed by atoms with Crippen molar-refractivity contribution < 1.29 is 0 Å². The third kappa shape index (κ3) is 7.13. The van der Waals surface area contributed by atoms with Crippen LogP contribution in [0.25, 0.3) is 79.0 Å². The van der Waals surface area contributed by atoms with E-state index >= 15 is 0 Å². The number of nitrogens with zero attached hydrogens (tertiary/aromatic N) is 9. The van der Waals surface area contributed by atoms with Gasteiger partial charge in [-0.3, -0.25) is 8.80 Å². The van der Waals surface area contributed by atoms with Crippen molar-refractivity contribution in [3.8, 4) is 23.3 Å². The van der Waals surface area contributed by atoms with Crippen LogP contribution in [0.1, 0.15) is 0 Å². The Bertz CT molecular complexity index is 4840. The Morgan fingerprint density at radius 2 is 0.573 bits per heavy atom. The zero-order chi connectivity index (χ0) is 54.2. The van der Waals surface area contributed by atoms with Crippen molar-refractivity contribution in [1.29, 1.82) is 0 Å². The molecule has 0 saturated carbocycles. The maximum Gasteiger partial charge on any atom is 0.242 e. The number of fused-ring (bicyclic) bond motifs is 10. The number of rotatable bonds is 11. The minimum atomic E-state index is -2.95. The quantitative estimate of drug-likeness (QED) is 0.0953. The average Bonchev–Trinajstić information content (AvgIpc) is 3.72. The highest BCUT2D eigenvalue weighted by molar-refractivity contribution is 7.20. The van der Waals surface area contributed by atoms with E-state index in [9.17, 15) is 0 Å². The van der Waals surface area contributed by atoms with Crippen molar-refractivity contribution in [1.82, 2.24) is 42.9 Å². The summed E-state index contributed by atoms with van der Waals surface area (Å²) < 4.78 is 8.79. The fourth-order valence-electron chi connectivity index (χ4n) is 13.1. The molecule has 16 rings (SSSR count). The van der Waals surface area contributed by atoms with E-state index < -0.39 is 16.1 Å². The molecule has 0 radical (unpaired) electrons. The van der Waals surface area contributed by atoms with Gasteiger partial charge in [-0.05, 0) is 90.0 Å². The molecule has 11 heteroatoms. The fourth-order valence-corrected chi connectivity index (χ4v) is 22.6. The van der Waals surface area contributed by atoms with Gasteiger partial charge in [0.05, 0.1) is 44.1 Å². The molecule has 0 bridgehead atoms. The van der Waals surface area contributed by atoms with E-state index in [0.29, 0.717) is 29.3 Å². The van der Waals surface area contributed by atoms with Gasteiger partial charge in [-0.15, -0.1) is 0 Å². The molecule has 5 heterocycles. The predicted octanol–water partition coefficient (Wildman–Crippen LogP) is 9.78. The van der Waals surface area contributed by atoms with Crippen LogP contribution in [0.15, 0.2) is 297 Å². The second-order valence-electron chi connectivity index (χ2n) is 20.9. The van der Waals surface area contributed by atoms with Crippen LogP contribution < -0.4 is 41.5 Å². The van der Waals surface area contributed by atoms with Crippen LogP contribution in [0.2, 0.25) is 0 Å². The van der Waals surface area contributed by atoms with Gasteiger partial charge in [0.25, 0.3) is 0 Å². The largest absolute Gasteiger partial charge is 0.276 e. The van der Waals surface area contributed by atoms with Gasteiger partial charge in [-0.2, -0.15) is 15.0 Å². The highest BCUT2D eigenvalue weighted by Crippen LogP contribution is 2.33. The number of para-hydroxylation sites is 4. The molecule has 5 aromatic heterocycles. The minimum absolute atomic E-state index is 0.434. The lowest BCUT2D eigenvalue weighted by atomic mass is 10.2. The number of aromatic nitrogens is 9. The molecule has 0 aliphatic rings. The Balaban J connectivity index is 0.963. The molecule has 0 fully saturated rings. The number of hydrogen-bond acceptors (Lipinski definition) is 5. The summed E-state index contributed by atoms with van der Waals surface area (Å²) in [5.74, 6) is 2.78. The molecule has 0 aliphatic carbocycles. The Morgan fingerprint density at radius 3 is 1.04 bits per heavy atom. The second-order valence-corrected chi connectivity index (χ2v) is 28.5. The monoisotopic (exact) mass is 1080 g/mol. The van der Waals surface area contributed by atoms with Crippen LogP contribution in [0.5, 0.6) is 0 Å². The lowest BCUT2D eigenvalue weighted by molar-refractivity contribution is 0.877. The summed E-state index contributed by atoms with van der Waals surface area (Å²) in [6, 6.07) is 107. The molecule has 0 amide bonds. The zero-order valence-electron chi connectivity index (χ0n) is 44.3. The van der Waals surface area contributed by atoms with E-state index in [2.05, 4.69) is 291 Å². The normalized spacial score (nSPS) is 12.1. The first-order chi connectivity index (χ1) is 40.7. The van der Waals surface area contributed by atoms with Gasteiger partial charge < -0.3 is 0 Å². The van der Waals surface area contributed by atoms with Crippen LogP contribution in [-0.4, -0.2) is 59.0 Å². The second kappa shape index (κ2) is 19.1. The van der Waals surface area contributed by atoms with E-state index in [1.54, 1.807) is 0 Å². The molecule has 11 aromatic carbocycles. The molecule has 9 nitrogen and oxygen atoms in total. The molecule has 0 N–H and O–H groups in total. The highest BCUT2D eigenvalue weighted by atomic mass is 28.3. The Kier molecular flexibility index (Phi) is 11.0. The smallest absolute Gasteiger partial charge is 0.242 e. The summed E-state index contributed by atoms with van der Waals surface area (Å²) in [6.07, 6.45) is 0. The lowest BCUT2D eigenvalue weighted by Crippen LogP contribution is -2.74. The van der Waals surface area contributed by atoms with Crippen molar-refractivity contribution in [2.75, 3.05) is 0 Å². The van der Waals surface area contributed by atoms with Gasteiger partial charge in [-0.25, -0.2) is 19.1 Å². The molecule has 0 unspecified atom stereocenters. The van der Waals surface area contributed by atoms with Crippen LogP contribution in [0.3, 0.4) is 0 Å². The van der Waals surface area contributed by atoms with Crippen LogP contribution in [0, 0.1) is 0 Å². The number of hydrogen-bond donors (Lipinski definition) is 0. The maximum absolute atomic E-state index is 5.59. The SMILES string of the molecule is c1ccc(-c2nc(-n3c4ccccc4n4c5cc([Si](c6ccccc6)(c6ccccc6)c6ccccc6)ccc5nc34)nc(-n3c4ccc([Si](c5ccccc5)(c5ccccc5)c5ccccc5)cc4n4c5ccccc5nc34)n2)cc1. The molecule has 0 atom stereocenters. The average molecular weight is 1080 g/mol.